The minimum absolute atomic E-state index is 0.0440. The Balaban J connectivity index is 2.12. The first-order valence-corrected chi connectivity index (χ1v) is 9.20. The van der Waals surface area contributed by atoms with E-state index in [4.69, 9.17) is 39.9 Å². The van der Waals surface area contributed by atoms with Crippen LogP contribution >= 0.6 is 34.8 Å². The molecule has 0 aliphatic heterocycles. The molecule has 0 atom stereocenters. The lowest BCUT2D eigenvalue weighted by atomic mass is 10.0. The number of amides is 1. The molecule has 0 bridgehead atoms. The molecule has 23 heavy (non-hydrogen) atoms. The normalized spacial score (nSPS) is 15.4. The Hall–Kier alpha value is -1.05. The fourth-order valence-electron chi connectivity index (χ4n) is 2.02. The van der Waals surface area contributed by atoms with Crippen molar-refractivity contribution >= 4 is 56.4 Å². The lowest BCUT2D eigenvalue weighted by molar-refractivity contribution is -0.115. The van der Waals surface area contributed by atoms with Crippen LogP contribution in [0.3, 0.4) is 0 Å². The summed E-state index contributed by atoms with van der Waals surface area (Å²) in [6, 6.07) is 3.82. The number of allylic oxidation sites excluding steroid dienone is 3. The van der Waals surface area contributed by atoms with E-state index >= 15 is 0 Å². The van der Waals surface area contributed by atoms with Gasteiger partial charge >= 0.3 is 0 Å². The number of halogens is 3. The van der Waals surface area contributed by atoms with Crippen molar-refractivity contribution in [2.45, 2.75) is 24.2 Å². The Morgan fingerprint density at radius 1 is 1.22 bits per heavy atom. The third-order valence-corrected chi connectivity index (χ3v) is 5.11. The van der Waals surface area contributed by atoms with Crippen LogP contribution in [0.5, 0.6) is 0 Å². The van der Waals surface area contributed by atoms with Crippen LogP contribution in [0.15, 0.2) is 44.8 Å². The Labute approximate surface area is 149 Å². The van der Waals surface area contributed by atoms with Crippen LogP contribution in [0.25, 0.3) is 0 Å². The first kappa shape index (κ1) is 18.3. The molecule has 0 aromatic heterocycles. The molecular weight excluding hydrogens is 383 g/mol. The number of nitrogens with two attached hydrogens (primary N) is 1. The van der Waals surface area contributed by atoms with E-state index in [1.807, 2.05) is 0 Å². The molecule has 3 N–H and O–H groups in total. The topological polar surface area (TPSA) is 89.3 Å². The van der Waals surface area contributed by atoms with Crippen LogP contribution in [0.4, 0.5) is 5.69 Å². The molecule has 124 valence electrons. The predicted molar refractivity (Wildman–Crippen MR) is 92.1 cm³/mol. The lowest BCUT2D eigenvalue weighted by Gasteiger charge is -2.14. The third kappa shape index (κ3) is 4.96. The van der Waals surface area contributed by atoms with Gasteiger partial charge < -0.3 is 5.32 Å². The van der Waals surface area contributed by atoms with Crippen molar-refractivity contribution in [2.24, 2.45) is 5.14 Å². The number of sulfonamides is 1. The molecule has 0 fully saturated rings. The van der Waals surface area contributed by atoms with Gasteiger partial charge in [-0.25, -0.2) is 13.6 Å². The van der Waals surface area contributed by atoms with Gasteiger partial charge in [-0.2, -0.15) is 0 Å². The summed E-state index contributed by atoms with van der Waals surface area (Å²) in [6.07, 6.45) is 2.98. The lowest BCUT2D eigenvalue weighted by Crippen LogP contribution is -2.15. The van der Waals surface area contributed by atoms with Gasteiger partial charge in [0.15, 0.2) is 0 Å². The molecule has 5 nitrogen and oxygen atoms in total. The highest BCUT2D eigenvalue weighted by Crippen LogP contribution is 2.31. The van der Waals surface area contributed by atoms with E-state index < -0.39 is 10.0 Å². The molecule has 1 aliphatic carbocycles. The Morgan fingerprint density at radius 3 is 2.52 bits per heavy atom. The molecule has 0 spiro atoms. The van der Waals surface area contributed by atoms with Crippen LogP contribution in [0, 0.1) is 0 Å². The van der Waals surface area contributed by atoms with Crippen LogP contribution in [0.1, 0.15) is 19.3 Å². The summed E-state index contributed by atoms with van der Waals surface area (Å²) in [5.41, 5.74) is 0.935. The fourth-order valence-corrected chi connectivity index (χ4v) is 3.29. The van der Waals surface area contributed by atoms with E-state index in [0.29, 0.717) is 28.5 Å². The zero-order chi connectivity index (χ0) is 17.2. The summed E-state index contributed by atoms with van der Waals surface area (Å²) in [7, 11) is -3.85. The summed E-state index contributed by atoms with van der Waals surface area (Å²) in [5.74, 6) is -0.342. The Kier molecular flexibility index (Phi) is 5.75. The van der Waals surface area contributed by atoms with Gasteiger partial charge in [-0.1, -0.05) is 34.8 Å². The number of anilines is 1. The van der Waals surface area contributed by atoms with Crippen LogP contribution in [0.2, 0.25) is 5.02 Å². The fraction of sp³-hybridized carbons (Fsp3) is 0.214. The zero-order valence-electron chi connectivity index (χ0n) is 11.8. The Bertz CT molecular complexity index is 817. The maximum absolute atomic E-state index is 12.1. The second-order valence-electron chi connectivity index (χ2n) is 4.93. The van der Waals surface area contributed by atoms with Crippen molar-refractivity contribution < 1.29 is 13.2 Å². The number of hydrogen-bond donors (Lipinski definition) is 2. The highest BCUT2D eigenvalue weighted by molar-refractivity contribution is 7.89. The van der Waals surface area contributed by atoms with E-state index in [0.717, 1.165) is 0 Å². The van der Waals surface area contributed by atoms with Crippen LogP contribution in [-0.2, 0) is 14.8 Å². The standard InChI is InChI=1S/C14H13Cl3N2O3S/c15-9-1-3-11(16)8(5-9)6-14(20)19-13-4-2-10(7-12(13)17)23(18,21)22/h2,4-5,7H,1,3,6H2,(H,19,20)(H2,18,21,22). The van der Waals surface area contributed by atoms with Gasteiger partial charge in [0.25, 0.3) is 0 Å². The van der Waals surface area contributed by atoms with Gasteiger partial charge in [-0.05, 0) is 42.7 Å². The zero-order valence-corrected chi connectivity index (χ0v) is 14.9. The number of hydrogen-bond acceptors (Lipinski definition) is 3. The van der Waals surface area contributed by atoms with E-state index in [1.54, 1.807) is 6.08 Å². The minimum atomic E-state index is -3.85. The van der Waals surface area contributed by atoms with Crippen molar-refractivity contribution in [1.29, 1.82) is 0 Å². The molecule has 1 amide bonds. The van der Waals surface area contributed by atoms with Gasteiger partial charge in [0, 0.05) is 10.1 Å². The third-order valence-electron chi connectivity index (χ3n) is 3.16. The second-order valence-corrected chi connectivity index (χ2v) is 7.84. The van der Waals surface area contributed by atoms with Gasteiger partial charge in [-0.15, -0.1) is 0 Å². The summed E-state index contributed by atoms with van der Waals surface area (Å²) in [5, 5.41) is 8.93. The van der Waals surface area contributed by atoms with Crippen molar-refractivity contribution in [2.75, 3.05) is 5.32 Å². The van der Waals surface area contributed by atoms with Gasteiger partial charge in [0.2, 0.25) is 15.9 Å². The van der Waals surface area contributed by atoms with E-state index in [9.17, 15) is 13.2 Å². The first-order valence-electron chi connectivity index (χ1n) is 6.52. The molecule has 1 aromatic carbocycles. The summed E-state index contributed by atoms with van der Waals surface area (Å²) in [4.78, 5) is 12.0. The summed E-state index contributed by atoms with van der Waals surface area (Å²) >= 11 is 18.0. The molecule has 1 aliphatic rings. The van der Waals surface area contributed by atoms with Crippen LogP contribution < -0.4 is 10.5 Å². The minimum Gasteiger partial charge on any atom is -0.324 e. The smallest absolute Gasteiger partial charge is 0.238 e. The van der Waals surface area contributed by atoms with Crippen LogP contribution in [-0.4, -0.2) is 14.3 Å². The summed E-state index contributed by atoms with van der Waals surface area (Å²) < 4.78 is 22.5. The van der Waals surface area contributed by atoms with Crippen molar-refractivity contribution in [1.82, 2.24) is 0 Å². The quantitative estimate of drug-likeness (QED) is 0.814. The number of nitrogens with one attached hydrogen (secondary N) is 1. The molecule has 1 aromatic rings. The van der Waals surface area contributed by atoms with Gasteiger partial charge in [0.05, 0.1) is 22.0 Å². The van der Waals surface area contributed by atoms with E-state index in [1.165, 1.54) is 18.2 Å². The van der Waals surface area contributed by atoms with Crippen molar-refractivity contribution in [3.8, 4) is 0 Å². The van der Waals surface area contributed by atoms with Gasteiger partial charge in [0.1, 0.15) is 0 Å². The average Bonchev–Trinajstić information content (AvgIpc) is 2.44. The summed E-state index contributed by atoms with van der Waals surface area (Å²) in [6.45, 7) is 0. The maximum atomic E-state index is 12.1. The van der Waals surface area contributed by atoms with Crippen molar-refractivity contribution in [3.05, 3.63) is 44.9 Å². The molecule has 0 unspecified atom stereocenters. The Morgan fingerprint density at radius 2 is 1.91 bits per heavy atom. The van der Waals surface area contributed by atoms with E-state index in [2.05, 4.69) is 5.32 Å². The number of primary sulfonamides is 1. The molecule has 0 heterocycles. The number of carbonyl (C=O) groups is 1. The molecular formula is C14H13Cl3N2O3S. The highest BCUT2D eigenvalue weighted by atomic mass is 35.5. The number of benzene rings is 1. The molecule has 2 rings (SSSR count). The highest BCUT2D eigenvalue weighted by Gasteiger charge is 2.16. The monoisotopic (exact) mass is 394 g/mol. The molecule has 0 saturated heterocycles. The predicted octanol–water partition coefficient (Wildman–Crippen LogP) is 3.73. The maximum Gasteiger partial charge on any atom is 0.238 e. The first-order chi connectivity index (χ1) is 10.7. The van der Waals surface area contributed by atoms with Gasteiger partial charge in [-0.3, -0.25) is 4.79 Å². The number of rotatable bonds is 4. The molecule has 0 radical (unpaired) electrons. The second kappa shape index (κ2) is 7.23. The van der Waals surface area contributed by atoms with E-state index in [-0.39, 0.29) is 27.9 Å². The van der Waals surface area contributed by atoms with Crippen molar-refractivity contribution in [3.63, 3.8) is 0 Å². The molecule has 0 saturated carbocycles. The number of carbonyl (C=O) groups excluding carboxylic acids is 1. The molecule has 9 heteroatoms. The largest absolute Gasteiger partial charge is 0.324 e. The SMILES string of the molecule is NS(=O)(=O)c1ccc(NC(=O)CC2=C(Cl)CCC(Cl)=C2)c(Cl)c1. The average molecular weight is 396 g/mol.